The number of benzene rings is 2. The highest BCUT2D eigenvalue weighted by atomic mass is 16.5. The Balaban J connectivity index is 1.45. The van der Waals surface area contributed by atoms with Crippen molar-refractivity contribution in [3.05, 3.63) is 83.5 Å². The molecule has 1 saturated heterocycles. The van der Waals surface area contributed by atoms with Gasteiger partial charge in [-0.25, -0.2) is 4.98 Å². The molecule has 0 spiro atoms. The van der Waals surface area contributed by atoms with Crippen LogP contribution in [0.5, 0.6) is 11.6 Å². The molecular formula is C25H24N4O3. The van der Waals surface area contributed by atoms with Gasteiger partial charge < -0.3 is 18.5 Å². The van der Waals surface area contributed by atoms with Gasteiger partial charge in [0.1, 0.15) is 23.3 Å². The summed E-state index contributed by atoms with van der Waals surface area (Å²) in [5, 5.41) is 11.2. The minimum atomic E-state index is -0.246. The van der Waals surface area contributed by atoms with Crippen LogP contribution in [-0.4, -0.2) is 47.3 Å². The number of aromatic nitrogens is 2. The number of fused-ring (bicyclic) bond motifs is 4. The van der Waals surface area contributed by atoms with Crippen molar-refractivity contribution in [1.82, 2.24) is 14.5 Å². The number of hydrogen-bond acceptors (Lipinski definition) is 6. The highest BCUT2D eigenvalue weighted by molar-refractivity contribution is 5.91. The first kappa shape index (κ1) is 19.3. The normalized spacial score (nSPS) is 18.2. The largest absolute Gasteiger partial charge is 0.468 e. The average molecular weight is 428 g/mol. The smallest absolute Gasteiger partial charge is 0.228 e. The first-order valence-electron chi connectivity index (χ1n) is 11.0. The Morgan fingerprint density at radius 1 is 1.00 bits per heavy atom. The number of furan rings is 1. The van der Waals surface area contributed by atoms with Crippen molar-refractivity contribution in [2.75, 3.05) is 32.8 Å². The molecule has 2 aromatic heterocycles. The van der Waals surface area contributed by atoms with Crippen molar-refractivity contribution in [2.45, 2.75) is 12.5 Å². The Hall–Kier alpha value is -3.42. The SMILES string of the molecule is N=c1c2c(ncn1CCN1CCOCC1)Oc1c(ccc3ccccc13)C2c1ccco1. The second-order valence-electron chi connectivity index (χ2n) is 8.21. The molecule has 4 heterocycles. The molecule has 2 aromatic carbocycles. The summed E-state index contributed by atoms with van der Waals surface area (Å²) in [4.78, 5) is 7.00. The number of nitrogens with zero attached hydrogens (tertiary/aromatic N) is 3. The zero-order valence-electron chi connectivity index (χ0n) is 17.7. The van der Waals surface area contributed by atoms with E-state index in [9.17, 15) is 0 Å². The van der Waals surface area contributed by atoms with Crippen LogP contribution in [0.1, 0.15) is 22.8 Å². The van der Waals surface area contributed by atoms with E-state index in [1.54, 1.807) is 12.6 Å². The summed E-state index contributed by atoms with van der Waals surface area (Å²) in [5.74, 6) is 1.80. The third kappa shape index (κ3) is 3.21. The summed E-state index contributed by atoms with van der Waals surface area (Å²) < 4.78 is 19.5. The van der Waals surface area contributed by atoms with Gasteiger partial charge in [0.25, 0.3) is 0 Å². The molecule has 32 heavy (non-hydrogen) atoms. The minimum absolute atomic E-state index is 0.246. The molecule has 1 fully saturated rings. The monoisotopic (exact) mass is 428 g/mol. The van der Waals surface area contributed by atoms with Gasteiger partial charge in [0.05, 0.1) is 31.0 Å². The van der Waals surface area contributed by atoms with Gasteiger partial charge in [-0.1, -0.05) is 36.4 Å². The third-order valence-electron chi connectivity index (χ3n) is 6.38. The fraction of sp³-hybridized carbons (Fsp3) is 0.280. The Kier molecular flexibility index (Phi) is 4.78. The van der Waals surface area contributed by atoms with E-state index in [1.807, 2.05) is 28.8 Å². The maximum absolute atomic E-state index is 9.04. The lowest BCUT2D eigenvalue weighted by atomic mass is 9.86. The fourth-order valence-electron chi connectivity index (χ4n) is 4.69. The van der Waals surface area contributed by atoms with Crippen LogP contribution in [0.3, 0.4) is 0 Å². The second kappa shape index (κ2) is 7.93. The zero-order chi connectivity index (χ0) is 21.5. The molecule has 7 nitrogen and oxygen atoms in total. The van der Waals surface area contributed by atoms with Gasteiger partial charge in [-0.05, 0) is 17.5 Å². The fourth-order valence-corrected chi connectivity index (χ4v) is 4.69. The van der Waals surface area contributed by atoms with Gasteiger partial charge in [-0.15, -0.1) is 0 Å². The van der Waals surface area contributed by atoms with E-state index < -0.39 is 0 Å². The van der Waals surface area contributed by atoms with E-state index >= 15 is 0 Å². The summed E-state index contributed by atoms with van der Waals surface area (Å²) in [6.45, 7) is 4.91. The van der Waals surface area contributed by atoms with Gasteiger partial charge >= 0.3 is 0 Å². The van der Waals surface area contributed by atoms with Gasteiger partial charge in [0.2, 0.25) is 5.88 Å². The summed E-state index contributed by atoms with van der Waals surface area (Å²) in [7, 11) is 0. The number of hydrogen-bond donors (Lipinski definition) is 1. The lowest BCUT2D eigenvalue weighted by Crippen LogP contribution is -2.40. The number of rotatable bonds is 4. The van der Waals surface area contributed by atoms with Crippen LogP contribution in [0.25, 0.3) is 10.8 Å². The number of morpholine rings is 1. The Bertz CT molecular complexity index is 1320. The molecule has 0 aliphatic carbocycles. The predicted octanol–water partition coefficient (Wildman–Crippen LogP) is 3.73. The van der Waals surface area contributed by atoms with E-state index in [0.717, 1.165) is 66.3 Å². The average Bonchev–Trinajstić information content (AvgIpc) is 3.37. The van der Waals surface area contributed by atoms with Crippen molar-refractivity contribution < 1.29 is 13.9 Å². The first-order chi connectivity index (χ1) is 15.8. The molecule has 162 valence electrons. The summed E-state index contributed by atoms with van der Waals surface area (Å²) >= 11 is 0. The molecule has 1 unspecified atom stereocenters. The first-order valence-corrected chi connectivity index (χ1v) is 11.0. The summed E-state index contributed by atoms with van der Waals surface area (Å²) in [6, 6.07) is 16.2. The minimum Gasteiger partial charge on any atom is -0.468 e. The molecule has 1 atom stereocenters. The van der Waals surface area contributed by atoms with Crippen LogP contribution < -0.4 is 10.2 Å². The van der Waals surface area contributed by atoms with Crippen molar-refractivity contribution in [3.63, 3.8) is 0 Å². The van der Waals surface area contributed by atoms with Crippen molar-refractivity contribution in [1.29, 1.82) is 5.41 Å². The van der Waals surface area contributed by atoms with Gasteiger partial charge in [-0.2, -0.15) is 0 Å². The van der Waals surface area contributed by atoms with Crippen molar-refractivity contribution >= 4 is 10.8 Å². The molecule has 0 radical (unpaired) electrons. The number of nitrogens with one attached hydrogen (secondary N) is 1. The maximum Gasteiger partial charge on any atom is 0.228 e. The van der Waals surface area contributed by atoms with E-state index in [4.69, 9.17) is 19.3 Å². The molecular weight excluding hydrogens is 404 g/mol. The lowest BCUT2D eigenvalue weighted by Gasteiger charge is -2.29. The van der Waals surface area contributed by atoms with Crippen LogP contribution in [0, 0.1) is 5.41 Å². The van der Waals surface area contributed by atoms with E-state index in [0.29, 0.717) is 17.9 Å². The van der Waals surface area contributed by atoms with E-state index in [2.05, 4.69) is 34.1 Å². The molecule has 1 N–H and O–H groups in total. The molecule has 7 heteroatoms. The highest BCUT2D eigenvalue weighted by Gasteiger charge is 2.34. The van der Waals surface area contributed by atoms with Gasteiger partial charge in [0.15, 0.2) is 0 Å². The quantitative estimate of drug-likeness (QED) is 0.472. The molecule has 6 rings (SSSR count). The Labute approximate surface area is 185 Å². The van der Waals surface area contributed by atoms with Gasteiger partial charge in [0, 0.05) is 37.1 Å². The second-order valence-corrected chi connectivity index (χ2v) is 8.21. The summed E-state index contributed by atoms with van der Waals surface area (Å²) in [5.41, 5.74) is 2.14. The molecule has 0 bridgehead atoms. The maximum atomic E-state index is 9.04. The van der Waals surface area contributed by atoms with Gasteiger partial charge in [-0.3, -0.25) is 10.3 Å². The number of ether oxygens (including phenoxy) is 2. The summed E-state index contributed by atoms with van der Waals surface area (Å²) in [6.07, 6.45) is 3.40. The van der Waals surface area contributed by atoms with Crippen LogP contribution in [-0.2, 0) is 11.3 Å². The van der Waals surface area contributed by atoms with Crippen LogP contribution in [0.4, 0.5) is 0 Å². The molecule has 0 amide bonds. The highest BCUT2D eigenvalue weighted by Crippen LogP contribution is 2.47. The van der Waals surface area contributed by atoms with Crippen LogP contribution >= 0.6 is 0 Å². The van der Waals surface area contributed by atoms with Crippen molar-refractivity contribution in [2.24, 2.45) is 0 Å². The van der Waals surface area contributed by atoms with E-state index in [1.165, 1.54) is 0 Å². The molecule has 2 aliphatic rings. The zero-order valence-corrected chi connectivity index (χ0v) is 17.7. The van der Waals surface area contributed by atoms with E-state index in [-0.39, 0.29) is 5.92 Å². The molecule has 0 saturated carbocycles. The Morgan fingerprint density at radius 2 is 1.88 bits per heavy atom. The Morgan fingerprint density at radius 3 is 2.72 bits per heavy atom. The third-order valence-corrected chi connectivity index (χ3v) is 6.38. The lowest BCUT2D eigenvalue weighted by molar-refractivity contribution is 0.0362. The molecule has 4 aromatic rings. The topological polar surface area (TPSA) is 76.5 Å². The van der Waals surface area contributed by atoms with Crippen molar-refractivity contribution in [3.8, 4) is 11.6 Å². The molecule has 2 aliphatic heterocycles. The predicted molar refractivity (Wildman–Crippen MR) is 119 cm³/mol. The standard InChI is InChI=1S/C25H24N4O3/c26-24-22-21(20-6-3-13-31-20)19-8-7-17-4-1-2-5-18(17)23(19)32-25(22)27-16-29(24)10-9-28-11-14-30-15-12-28/h1-8,13,16,21,26H,9-12,14-15H2. The van der Waals surface area contributed by atoms with Crippen LogP contribution in [0.2, 0.25) is 0 Å². The van der Waals surface area contributed by atoms with Crippen LogP contribution in [0.15, 0.2) is 65.5 Å².